The summed E-state index contributed by atoms with van der Waals surface area (Å²) in [4.78, 5) is 0. The molecule has 0 atom stereocenters. The Kier molecular flexibility index (Phi) is 5.53. The van der Waals surface area contributed by atoms with Crippen LogP contribution < -0.4 is 15.7 Å². The molecule has 0 heterocycles. The highest BCUT2D eigenvalue weighted by Gasteiger charge is 2.31. The van der Waals surface area contributed by atoms with Gasteiger partial charge in [0.05, 0.1) is 6.04 Å². The molecule has 0 bridgehead atoms. The molecule has 4 aromatic carbocycles. The minimum Gasteiger partial charge on any atom is -0.296 e. The summed E-state index contributed by atoms with van der Waals surface area (Å²) >= 11 is 0. The van der Waals surface area contributed by atoms with Crippen molar-refractivity contribution in [1.29, 1.82) is 0 Å². The monoisotopic (exact) mass is 383 g/mol. The van der Waals surface area contributed by atoms with Gasteiger partial charge < -0.3 is 0 Å². The first-order valence-corrected chi connectivity index (χ1v) is 11.1. The first-order valence-electron chi connectivity index (χ1n) is 9.36. The molecular weight excluding hydrogens is 361 g/mol. The van der Waals surface area contributed by atoms with Gasteiger partial charge in [-0.3, -0.25) is 4.57 Å². The molecule has 4 aromatic rings. The molecule has 0 aromatic heterocycles. The fraction of sp³-hybridized carbons (Fsp3) is 0.0400. The standard InChI is InChI=1S/C25H22NOP/c27-28(23-17-9-3-10-18-23,24-19-11-4-12-20-24)26-25(21-13-5-1-6-14-21)22-15-7-2-8-16-22/h1-20,25H,(H,26,27). The first kappa shape index (κ1) is 18.4. The maximum atomic E-state index is 14.5. The van der Waals surface area contributed by atoms with Crippen LogP contribution in [0.5, 0.6) is 0 Å². The SMILES string of the molecule is O=P(NC(c1ccccc1)c1ccccc1)(c1ccccc1)c1ccccc1. The van der Waals surface area contributed by atoms with Crippen LogP contribution in [0.4, 0.5) is 0 Å². The largest absolute Gasteiger partial charge is 0.296 e. The Morgan fingerprint density at radius 3 is 1.18 bits per heavy atom. The zero-order valence-corrected chi connectivity index (χ0v) is 16.4. The Morgan fingerprint density at radius 1 is 0.500 bits per heavy atom. The van der Waals surface area contributed by atoms with Crippen LogP contribution in [0, 0.1) is 0 Å². The van der Waals surface area contributed by atoms with Gasteiger partial charge in [-0.2, -0.15) is 0 Å². The van der Waals surface area contributed by atoms with E-state index in [-0.39, 0.29) is 6.04 Å². The van der Waals surface area contributed by atoms with Gasteiger partial charge >= 0.3 is 0 Å². The van der Waals surface area contributed by atoms with Crippen molar-refractivity contribution in [2.75, 3.05) is 0 Å². The molecule has 0 spiro atoms. The van der Waals surface area contributed by atoms with Crippen LogP contribution in [0.25, 0.3) is 0 Å². The minimum atomic E-state index is -3.06. The lowest BCUT2D eigenvalue weighted by atomic mass is 10.00. The molecular formula is C25H22NOP. The third-order valence-electron chi connectivity index (χ3n) is 4.82. The van der Waals surface area contributed by atoms with Crippen molar-refractivity contribution in [3.63, 3.8) is 0 Å². The molecule has 0 unspecified atom stereocenters. The van der Waals surface area contributed by atoms with E-state index in [2.05, 4.69) is 29.4 Å². The third-order valence-corrected chi connectivity index (χ3v) is 7.49. The zero-order chi connectivity index (χ0) is 19.2. The van der Waals surface area contributed by atoms with Crippen LogP contribution in [0.1, 0.15) is 17.2 Å². The van der Waals surface area contributed by atoms with E-state index in [1.54, 1.807) is 0 Å². The predicted octanol–water partition coefficient (Wildman–Crippen LogP) is 5.29. The predicted molar refractivity (Wildman–Crippen MR) is 118 cm³/mol. The number of hydrogen-bond acceptors (Lipinski definition) is 1. The summed E-state index contributed by atoms with van der Waals surface area (Å²) in [5.41, 5.74) is 2.17. The fourth-order valence-electron chi connectivity index (χ4n) is 3.39. The van der Waals surface area contributed by atoms with E-state index in [1.807, 2.05) is 97.1 Å². The number of benzene rings is 4. The molecule has 2 nitrogen and oxygen atoms in total. The lowest BCUT2D eigenvalue weighted by Crippen LogP contribution is -2.31. The summed E-state index contributed by atoms with van der Waals surface area (Å²) in [6, 6.07) is 39.6. The van der Waals surface area contributed by atoms with Crippen molar-refractivity contribution in [3.8, 4) is 0 Å². The molecule has 0 saturated heterocycles. The molecule has 0 radical (unpaired) electrons. The van der Waals surface area contributed by atoms with Gasteiger partial charge in [-0.05, 0) is 35.4 Å². The highest BCUT2D eigenvalue weighted by atomic mass is 31.2. The second-order valence-corrected chi connectivity index (χ2v) is 9.17. The number of hydrogen-bond donors (Lipinski definition) is 1. The maximum Gasteiger partial charge on any atom is 0.205 e. The molecule has 0 saturated carbocycles. The summed E-state index contributed by atoms with van der Waals surface area (Å²) < 4.78 is 14.5. The van der Waals surface area contributed by atoms with Crippen molar-refractivity contribution in [2.24, 2.45) is 0 Å². The van der Waals surface area contributed by atoms with Crippen molar-refractivity contribution < 1.29 is 4.57 Å². The Morgan fingerprint density at radius 2 is 0.821 bits per heavy atom. The van der Waals surface area contributed by atoms with Crippen LogP contribution in [-0.4, -0.2) is 0 Å². The van der Waals surface area contributed by atoms with E-state index in [1.165, 1.54) is 0 Å². The number of rotatable bonds is 6. The molecule has 0 aliphatic carbocycles. The average Bonchev–Trinajstić information content (AvgIpc) is 2.80. The van der Waals surface area contributed by atoms with Gasteiger partial charge in [0, 0.05) is 10.6 Å². The first-order chi connectivity index (χ1) is 13.8. The molecule has 3 heteroatoms. The van der Waals surface area contributed by atoms with Crippen molar-refractivity contribution >= 4 is 17.9 Å². The maximum absolute atomic E-state index is 14.5. The van der Waals surface area contributed by atoms with Gasteiger partial charge in [-0.15, -0.1) is 0 Å². The highest BCUT2D eigenvalue weighted by Crippen LogP contribution is 2.43. The van der Waals surface area contributed by atoms with Gasteiger partial charge in [0.1, 0.15) is 0 Å². The van der Waals surface area contributed by atoms with E-state index in [0.29, 0.717) is 0 Å². The summed E-state index contributed by atoms with van der Waals surface area (Å²) in [5, 5.41) is 5.16. The summed E-state index contributed by atoms with van der Waals surface area (Å²) in [6.45, 7) is 0. The van der Waals surface area contributed by atoms with E-state index < -0.39 is 7.29 Å². The molecule has 138 valence electrons. The molecule has 0 amide bonds. The molecule has 0 fully saturated rings. The second kappa shape index (κ2) is 8.39. The fourth-order valence-corrected chi connectivity index (χ4v) is 5.83. The Labute approximate surface area is 166 Å². The average molecular weight is 383 g/mol. The van der Waals surface area contributed by atoms with E-state index in [0.717, 1.165) is 21.7 Å². The molecule has 0 aliphatic rings. The highest BCUT2D eigenvalue weighted by molar-refractivity contribution is 7.76. The quantitative estimate of drug-likeness (QED) is 0.458. The van der Waals surface area contributed by atoms with Crippen LogP contribution in [-0.2, 0) is 4.57 Å². The van der Waals surface area contributed by atoms with Crippen molar-refractivity contribution in [2.45, 2.75) is 6.04 Å². The van der Waals surface area contributed by atoms with Gasteiger partial charge in [-0.25, -0.2) is 5.09 Å². The molecule has 28 heavy (non-hydrogen) atoms. The lowest BCUT2D eigenvalue weighted by molar-refractivity contribution is 0.572. The van der Waals surface area contributed by atoms with Gasteiger partial charge in [0.2, 0.25) is 7.29 Å². The zero-order valence-electron chi connectivity index (χ0n) is 15.5. The molecule has 4 rings (SSSR count). The van der Waals surface area contributed by atoms with Gasteiger partial charge in [0.25, 0.3) is 0 Å². The van der Waals surface area contributed by atoms with Gasteiger partial charge in [0.15, 0.2) is 0 Å². The number of nitrogens with one attached hydrogen (secondary N) is 1. The minimum absolute atomic E-state index is 0.186. The van der Waals surface area contributed by atoms with Gasteiger partial charge in [-0.1, -0.05) is 97.1 Å². The topological polar surface area (TPSA) is 29.1 Å². The Hall–Kier alpha value is -2.93. The Bertz CT molecular complexity index is 968. The second-order valence-electron chi connectivity index (χ2n) is 6.66. The van der Waals surface area contributed by atoms with E-state index in [9.17, 15) is 4.57 Å². The summed E-state index contributed by atoms with van der Waals surface area (Å²) in [6.07, 6.45) is 0. The third kappa shape index (κ3) is 3.84. The molecule has 1 N–H and O–H groups in total. The van der Waals surface area contributed by atoms with Crippen LogP contribution in [0.15, 0.2) is 121 Å². The summed E-state index contributed by atoms with van der Waals surface area (Å²) in [5.74, 6) is 0. The van der Waals surface area contributed by atoms with Crippen LogP contribution >= 0.6 is 7.29 Å². The van der Waals surface area contributed by atoms with Crippen LogP contribution in [0.3, 0.4) is 0 Å². The van der Waals surface area contributed by atoms with E-state index in [4.69, 9.17) is 0 Å². The summed E-state index contributed by atoms with van der Waals surface area (Å²) in [7, 11) is -3.06. The van der Waals surface area contributed by atoms with Crippen molar-refractivity contribution in [3.05, 3.63) is 132 Å². The smallest absolute Gasteiger partial charge is 0.205 e. The van der Waals surface area contributed by atoms with Crippen LogP contribution in [0.2, 0.25) is 0 Å². The van der Waals surface area contributed by atoms with Crippen molar-refractivity contribution in [1.82, 2.24) is 5.09 Å². The van der Waals surface area contributed by atoms with E-state index >= 15 is 0 Å². The molecule has 0 aliphatic heterocycles. The Balaban J connectivity index is 1.85. The lowest BCUT2D eigenvalue weighted by Gasteiger charge is -2.28. The normalized spacial score (nSPS) is 11.5.